The van der Waals surface area contributed by atoms with Crippen LogP contribution in [-0.2, 0) is 0 Å². The Balaban J connectivity index is 1.54. The van der Waals surface area contributed by atoms with E-state index in [-0.39, 0.29) is 6.03 Å². The molecule has 146 valence electrons. The Morgan fingerprint density at radius 1 is 1.07 bits per heavy atom. The number of rotatable bonds is 4. The molecule has 1 saturated heterocycles. The van der Waals surface area contributed by atoms with Crippen LogP contribution in [0.5, 0.6) is 5.75 Å². The third-order valence-electron chi connectivity index (χ3n) is 5.15. The summed E-state index contributed by atoms with van der Waals surface area (Å²) < 4.78 is 7.25. The van der Waals surface area contributed by atoms with Gasteiger partial charge in [-0.3, -0.25) is 4.40 Å². The van der Waals surface area contributed by atoms with Gasteiger partial charge in [-0.2, -0.15) is 0 Å². The smallest absolute Gasteiger partial charge is 0.323 e. The summed E-state index contributed by atoms with van der Waals surface area (Å²) >= 11 is 0. The predicted molar refractivity (Wildman–Crippen MR) is 108 cm³/mol. The number of hydrogen-bond acceptors (Lipinski definition) is 5. The molecule has 8 heteroatoms. The fourth-order valence-corrected chi connectivity index (χ4v) is 3.60. The van der Waals surface area contributed by atoms with Gasteiger partial charge in [0.1, 0.15) is 11.6 Å². The van der Waals surface area contributed by atoms with Gasteiger partial charge in [-0.15, -0.1) is 10.2 Å². The summed E-state index contributed by atoms with van der Waals surface area (Å²) in [5.41, 5.74) is 1.86. The molecular formula is C20H24N6O2. The van der Waals surface area contributed by atoms with Crippen molar-refractivity contribution in [1.29, 1.82) is 0 Å². The summed E-state index contributed by atoms with van der Waals surface area (Å²) in [7, 11) is 3.71. The molecule has 0 atom stereocenters. The zero-order valence-corrected chi connectivity index (χ0v) is 16.1. The molecule has 0 unspecified atom stereocenters. The number of carbonyl (C=O) groups excluding carboxylic acids is 1. The van der Waals surface area contributed by atoms with Crippen molar-refractivity contribution in [3.05, 3.63) is 48.4 Å². The molecule has 0 radical (unpaired) electrons. The first-order valence-corrected chi connectivity index (χ1v) is 9.39. The van der Waals surface area contributed by atoms with Gasteiger partial charge in [0.15, 0.2) is 5.65 Å². The number of fused-ring (bicyclic) bond motifs is 1. The molecule has 3 heterocycles. The van der Waals surface area contributed by atoms with Crippen molar-refractivity contribution in [1.82, 2.24) is 19.5 Å². The lowest BCUT2D eigenvalue weighted by Crippen LogP contribution is -2.30. The summed E-state index contributed by atoms with van der Waals surface area (Å²) in [5, 5.41) is 14.4. The van der Waals surface area contributed by atoms with E-state index in [9.17, 15) is 4.79 Å². The minimum absolute atomic E-state index is 0.360. The molecule has 1 aromatic carbocycles. The maximum absolute atomic E-state index is 12.5. The Labute approximate surface area is 163 Å². The number of benzene rings is 1. The molecule has 1 aliphatic rings. The summed E-state index contributed by atoms with van der Waals surface area (Å²) in [4.78, 5) is 14.8. The van der Waals surface area contributed by atoms with Crippen molar-refractivity contribution in [3.63, 3.8) is 0 Å². The fourth-order valence-electron chi connectivity index (χ4n) is 3.60. The van der Waals surface area contributed by atoms with Gasteiger partial charge >= 0.3 is 6.03 Å². The largest absolute Gasteiger partial charge is 0.495 e. The van der Waals surface area contributed by atoms with E-state index in [1.54, 1.807) is 19.2 Å². The Morgan fingerprint density at radius 3 is 2.57 bits per heavy atom. The minimum Gasteiger partial charge on any atom is -0.495 e. The zero-order chi connectivity index (χ0) is 19.5. The molecule has 0 aliphatic carbocycles. The van der Waals surface area contributed by atoms with E-state index in [1.807, 2.05) is 34.9 Å². The number of pyridine rings is 1. The van der Waals surface area contributed by atoms with Crippen molar-refractivity contribution >= 4 is 23.1 Å². The molecule has 28 heavy (non-hydrogen) atoms. The Morgan fingerprint density at radius 2 is 1.79 bits per heavy atom. The molecule has 2 aromatic heterocycles. The average molecular weight is 380 g/mol. The highest BCUT2D eigenvalue weighted by molar-refractivity contribution is 6.02. The number of nitrogens with one attached hydrogen (secondary N) is 2. The Kier molecular flexibility index (Phi) is 5.12. The molecule has 2 N–H and O–H groups in total. The highest BCUT2D eigenvalue weighted by atomic mass is 16.5. The SMILES string of the molecule is COc1ccccc1NC(=O)Nc1cccn2c(C3CCN(C)CC3)nnc12. The van der Waals surface area contributed by atoms with E-state index in [2.05, 4.69) is 32.8 Å². The number of methoxy groups -OCH3 is 1. The second-order valence-electron chi connectivity index (χ2n) is 7.03. The van der Waals surface area contributed by atoms with Crippen molar-refractivity contribution < 1.29 is 9.53 Å². The van der Waals surface area contributed by atoms with Gasteiger partial charge in [0.25, 0.3) is 0 Å². The van der Waals surface area contributed by atoms with Gasteiger partial charge in [-0.1, -0.05) is 12.1 Å². The predicted octanol–water partition coefficient (Wildman–Crippen LogP) is 3.19. The molecule has 0 saturated carbocycles. The number of likely N-dealkylation sites (tertiary alicyclic amines) is 1. The summed E-state index contributed by atoms with van der Waals surface area (Å²) in [5.74, 6) is 1.93. The van der Waals surface area contributed by atoms with Crippen molar-refractivity contribution in [2.45, 2.75) is 18.8 Å². The van der Waals surface area contributed by atoms with Gasteiger partial charge in [-0.05, 0) is 57.2 Å². The molecule has 0 spiro atoms. The van der Waals surface area contributed by atoms with Crippen molar-refractivity contribution in [2.24, 2.45) is 0 Å². The van der Waals surface area contributed by atoms with Crippen LogP contribution in [0.4, 0.5) is 16.2 Å². The molecule has 0 bridgehead atoms. The summed E-state index contributed by atoms with van der Waals surface area (Å²) in [6, 6.07) is 10.6. The number of aromatic nitrogens is 3. The van der Waals surface area contributed by atoms with E-state index in [4.69, 9.17) is 4.74 Å². The normalized spacial score (nSPS) is 15.5. The van der Waals surface area contributed by atoms with Crippen LogP contribution in [0.2, 0.25) is 0 Å². The number of anilines is 2. The lowest BCUT2D eigenvalue weighted by molar-refractivity contribution is 0.250. The second kappa shape index (κ2) is 7.85. The van der Waals surface area contributed by atoms with Crippen LogP contribution < -0.4 is 15.4 Å². The maximum atomic E-state index is 12.5. The number of urea groups is 1. The van der Waals surface area contributed by atoms with Gasteiger partial charge in [0, 0.05) is 12.1 Å². The van der Waals surface area contributed by atoms with E-state index in [0.717, 1.165) is 31.8 Å². The molecule has 1 aliphatic heterocycles. The average Bonchev–Trinajstić information content (AvgIpc) is 3.14. The van der Waals surface area contributed by atoms with Gasteiger partial charge in [0.05, 0.1) is 18.5 Å². The second-order valence-corrected chi connectivity index (χ2v) is 7.03. The number of hydrogen-bond donors (Lipinski definition) is 2. The first-order valence-electron chi connectivity index (χ1n) is 9.39. The number of amides is 2. The van der Waals surface area contributed by atoms with Crippen molar-refractivity contribution in [3.8, 4) is 5.75 Å². The van der Waals surface area contributed by atoms with Crippen LogP contribution in [0.3, 0.4) is 0 Å². The summed E-state index contributed by atoms with van der Waals surface area (Å²) in [6.45, 7) is 2.11. The Bertz CT molecular complexity index is 978. The standard InChI is InChI=1S/C20H24N6O2/c1-25-12-9-14(10-13-25)18-23-24-19-16(7-5-11-26(18)19)22-20(27)21-15-6-3-4-8-17(15)28-2/h3-8,11,14H,9-10,12-13H2,1-2H3,(H2,21,22,27). The van der Waals surface area contributed by atoms with Crippen LogP contribution in [-0.4, -0.2) is 52.8 Å². The van der Waals surface area contributed by atoms with E-state index in [1.165, 1.54) is 0 Å². The van der Waals surface area contributed by atoms with E-state index < -0.39 is 0 Å². The number of nitrogens with zero attached hydrogens (tertiary/aromatic N) is 4. The van der Waals surface area contributed by atoms with Gasteiger partial charge in [0.2, 0.25) is 0 Å². The molecule has 4 rings (SSSR count). The number of ether oxygens (including phenoxy) is 1. The molecule has 1 fully saturated rings. The monoisotopic (exact) mass is 380 g/mol. The van der Waals surface area contributed by atoms with E-state index >= 15 is 0 Å². The molecule has 8 nitrogen and oxygen atoms in total. The topological polar surface area (TPSA) is 83.8 Å². The van der Waals surface area contributed by atoms with E-state index in [0.29, 0.717) is 28.7 Å². The lowest BCUT2D eigenvalue weighted by atomic mass is 9.96. The van der Waals surface area contributed by atoms with Crippen LogP contribution in [0, 0.1) is 0 Å². The quantitative estimate of drug-likeness (QED) is 0.726. The van der Waals surface area contributed by atoms with Crippen molar-refractivity contribution in [2.75, 3.05) is 37.9 Å². The molecule has 2 amide bonds. The fraction of sp³-hybridized carbons (Fsp3) is 0.350. The first kappa shape index (κ1) is 18.2. The first-order chi connectivity index (χ1) is 13.7. The number of para-hydroxylation sites is 2. The highest BCUT2D eigenvalue weighted by Gasteiger charge is 2.23. The summed E-state index contributed by atoms with van der Waals surface area (Å²) in [6.07, 6.45) is 4.07. The third-order valence-corrected chi connectivity index (χ3v) is 5.15. The molecular weight excluding hydrogens is 356 g/mol. The van der Waals surface area contributed by atoms with Crippen LogP contribution in [0.1, 0.15) is 24.6 Å². The highest BCUT2D eigenvalue weighted by Crippen LogP contribution is 2.28. The third kappa shape index (κ3) is 3.63. The van der Waals surface area contributed by atoms with Crippen LogP contribution >= 0.6 is 0 Å². The van der Waals surface area contributed by atoms with Gasteiger partial charge in [-0.25, -0.2) is 4.79 Å². The lowest BCUT2D eigenvalue weighted by Gasteiger charge is -2.27. The maximum Gasteiger partial charge on any atom is 0.323 e. The number of carbonyl (C=O) groups is 1. The minimum atomic E-state index is -0.360. The van der Waals surface area contributed by atoms with Crippen LogP contribution in [0.15, 0.2) is 42.6 Å². The zero-order valence-electron chi connectivity index (χ0n) is 16.1. The number of piperidine rings is 1. The Hall–Kier alpha value is -3.13. The van der Waals surface area contributed by atoms with Crippen LogP contribution in [0.25, 0.3) is 5.65 Å². The molecule has 3 aromatic rings. The van der Waals surface area contributed by atoms with Gasteiger partial charge < -0.3 is 20.3 Å².